The van der Waals surface area contributed by atoms with Gasteiger partial charge >= 0.3 is 0 Å². The Hall–Kier alpha value is 0. The first kappa shape index (κ1) is 11.0. The van der Waals surface area contributed by atoms with E-state index in [1.54, 1.807) is 0 Å². The van der Waals surface area contributed by atoms with Crippen molar-refractivity contribution in [2.45, 2.75) is 53.9 Å². The Morgan fingerprint density at radius 2 is 1.36 bits per heavy atom. The summed E-state index contributed by atoms with van der Waals surface area (Å²) in [6.45, 7) is 11.6. The molecule has 0 amide bonds. The fourth-order valence-corrected chi connectivity index (χ4v) is 1.75. The van der Waals surface area contributed by atoms with Crippen LogP contribution in [0.2, 0.25) is 0 Å². The van der Waals surface area contributed by atoms with Gasteiger partial charge in [-0.15, -0.1) is 0 Å². The standard InChI is InChI=1S/C11H24/c1-6-10(4)8-11(5)7-9(2)3/h9-11H,6-8H2,1-5H3. The van der Waals surface area contributed by atoms with E-state index in [2.05, 4.69) is 34.6 Å². The molecule has 0 aliphatic carbocycles. The Labute approximate surface area is 72.4 Å². The smallest absolute Gasteiger partial charge is 0.0438 e. The summed E-state index contributed by atoms with van der Waals surface area (Å²) in [7, 11) is 0. The van der Waals surface area contributed by atoms with Crippen LogP contribution in [0.5, 0.6) is 0 Å². The van der Waals surface area contributed by atoms with Gasteiger partial charge in [-0.25, -0.2) is 0 Å². The average molecular weight is 156 g/mol. The van der Waals surface area contributed by atoms with E-state index in [0.29, 0.717) is 0 Å². The van der Waals surface area contributed by atoms with E-state index in [1.165, 1.54) is 19.3 Å². The van der Waals surface area contributed by atoms with Crippen molar-refractivity contribution in [2.24, 2.45) is 17.8 Å². The first-order valence-electron chi connectivity index (χ1n) is 5.06. The van der Waals surface area contributed by atoms with Gasteiger partial charge < -0.3 is 0 Å². The maximum absolute atomic E-state index is 2.38. The van der Waals surface area contributed by atoms with E-state index in [1.807, 2.05) is 0 Å². The van der Waals surface area contributed by atoms with Crippen LogP contribution in [0.25, 0.3) is 0 Å². The Morgan fingerprint density at radius 1 is 0.818 bits per heavy atom. The van der Waals surface area contributed by atoms with E-state index in [-0.39, 0.29) is 0 Å². The van der Waals surface area contributed by atoms with E-state index in [9.17, 15) is 0 Å². The van der Waals surface area contributed by atoms with Crippen LogP contribution in [0.15, 0.2) is 0 Å². The third-order valence-corrected chi connectivity index (χ3v) is 2.38. The highest BCUT2D eigenvalue weighted by atomic mass is 14.1. The molecule has 0 aliphatic rings. The topological polar surface area (TPSA) is 0 Å². The second kappa shape index (κ2) is 5.62. The third-order valence-electron chi connectivity index (χ3n) is 2.38. The summed E-state index contributed by atoms with van der Waals surface area (Å²) >= 11 is 0. The molecule has 0 heterocycles. The lowest BCUT2D eigenvalue weighted by molar-refractivity contribution is 0.350. The van der Waals surface area contributed by atoms with Gasteiger partial charge in [0.15, 0.2) is 0 Å². The van der Waals surface area contributed by atoms with E-state index >= 15 is 0 Å². The summed E-state index contributed by atoms with van der Waals surface area (Å²) in [5, 5.41) is 0. The summed E-state index contributed by atoms with van der Waals surface area (Å²) in [6, 6.07) is 0. The molecule has 0 saturated carbocycles. The maximum atomic E-state index is 2.38. The van der Waals surface area contributed by atoms with Crippen molar-refractivity contribution >= 4 is 0 Å². The summed E-state index contributed by atoms with van der Waals surface area (Å²) < 4.78 is 0. The summed E-state index contributed by atoms with van der Waals surface area (Å²) in [5.74, 6) is 2.71. The van der Waals surface area contributed by atoms with Gasteiger partial charge in [-0.1, -0.05) is 41.0 Å². The van der Waals surface area contributed by atoms with Crippen LogP contribution in [0.1, 0.15) is 53.9 Å². The van der Waals surface area contributed by atoms with Crippen LogP contribution >= 0.6 is 0 Å². The van der Waals surface area contributed by atoms with Gasteiger partial charge in [0.1, 0.15) is 0 Å². The van der Waals surface area contributed by atoms with Gasteiger partial charge in [-0.2, -0.15) is 0 Å². The van der Waals surface area contributed by atoms with Crippen molar-refractivity contribution in [2.75, 3.05) is 0 Å². The number of hydrogen-bond donors (Lipinski definition) is 0. The highest BCUT2D eigenvalue weighted by molar-refractivity contribution is 4.60. The molecule has 2 unspecified atom stereocenters. The molecule has 0 aromatic carbocycles. The lowest BCUT2D eigenvalue weighted by atomic mass is 9.89. The molecule has 0 fully saturated rings. The van der Waals surface area contributed by atoms with Crippen molar-refractivity contribution in [3.05, 3.63) is 0 Å². The Bertz CT molecular complexity index is 84.0. The lowest BCUT2D eigenvalue weighted by Crippen LogP contribution is -2.05. The predicted octanol–water partition coefficient (Wildman–Crippen LogP) is 4.10. The van der Waals surface area contributed by atoms with Crippen LogP contribution in [-0.4, -0.2) is 0 Å². The van der Waals surface area contributed by atoms with E-state index in [0.717, 1.165) is 17.8 Å². The molecule has 0 aromatic rings. The molecule has 68 valence electrons. The number of hydrogen-bond acceptors (Lipinski definition) is 0. The Morgan fingerprint density at radius 3 is 1.73 bits per heavy atom. The molecule has 0 saturated heterocycles. The predicted molar refractivity (Wildman–Crippen MR) is 52.7 cm³/mol. The molecular weight excluding hydrogens is 132 g/mol. The molecule has 0 bridgehead atoms. The quantitative estimate of drug-likeness (QED) is 0.562. The molecule has 0 rings (SSSR count). The molecule has 0 heteroatoms. The maximum Gasteiger partial charge on any atom is -0.0438 e. The van der Waals surface area contributed by atoms with Gasteiger partial charge in [0, 0.05) is 0 Å². The Kier molecular flexibility index (Phi) is 5.62. The van der Waals surface area contributed by atoms with Gasteiger partial charge in [0.05, 0.1) is 0 Å². The van der Waals surface area contributed by atoms with Gasteiger partial charge in [-0.05, 0) is 30.6 Å². The zero-order valence-electron chi connectivity index (χ0n) is 8.85. The fraction of sp³-hybridized carbons (Fsp3) is 1.00. The summed E-state index contributed by atoms with van der Waals surface area (Å²) in [5.41, 5.74) is 0. The summed E-state index contributed by atoms with van der Waals surface area (Å²) in [6.07, 6.45) is 4.14. The monoisotopic (exact) mass is 156 g/mol. The first-order chi connectivity index (χ1) is 5.06. The Balaban J connectivity index is 3.43. The van der Waals surface area contributed by atoms with Crippen molar-refractivity contribution in [1.82, 2.24) is 0 Å². The minimum Gasteiger partial charge on any atom is -0.0651 e. The van der Waals surface area contributed by atoms with Crippen molar-refractivity contribution in [3.63, 3.8) is 0 Å². The van der Waals surface area contributed by atoms with Crippen molar-refractivity contribution < 1.29 is 0 Å². The van der Waals surface area contributed by atoms with Gasteiger partial charge in [0.2, 0.25) is 0 Å². The van der Waals surface area contributed by atoms with Crippen LogP contribution in [0.3, 0.4) is 0 Å². The normalized spacial score (nSPS) is 16.9. The lowest BCUT2D eigenvalue weighted by Gasteiger charge is -2.17. The molecule has 0 N–H and O–H groups in total. The minimum absolute atomic E-state index is 0.869. The second-order valence-electron chi connectivity index (χ2n) is 4.48. The molecule has 0 aromatic heterocycles. The zero-order chi connectivity index (χ0) is 8.85. The molecule has 0 radical (unpaired) electrons. The zero-order valence-corrected chi connectivity index (χ0v) is 8.85. The van der Waals surface area contributed by atoms with Crippen molar-refractivity contribution in [1.29, 1.82) is 0 Å². The van der Waals surface area contributed by atoms with Gasteiger partial charge in [0.25, 0.3) is 0 Å². The van der Waals surface area contributed by atoms with Crippen LogP contribution < -0.4 is 0 Å². The van der Waals surface area contributed by atoms with Crippen LogP contribution in [0.4, 0.5) is 0 Å². The van der Waals surface area contributed by atoms with Crippen LogP contribution in [0, 0.1) is 17.8 Å². The van der Waals surface area contributed by atoms with Crippen LogP contribution in [-0.2, 0) is 0 Å². The molecule has 11 heavy (non-hydrogen) atoms. The SMILES string of the molecule is CCC(C)CC(C)CC(C)C. The fourth-order valence-electron chi connectivity index (χ4n) is 1.75. The van der Waals surface area contributed by atoms with Crippen molar-refractivity contribution in [3.8, 4) is 0 Å². The van der Waals surface area contributed by atoms with Gasteiger partial charge in [-0.3, -0.25) is 0 Å². The summed E-state index contributed by atoms with van der Waals surface area (Å²) in [4.78, 5) is 0. The highest BCUT2D eigenvalue weighted by Gasteiger charge is 2.08. The molecular formula is C11H24. The average Bonchev–Trinajstić information content (AvgIpc) is 1.85. The largest absolute Gasteiger partial charge is 0.0651 e. The molecule has 0 aliphatic heterocycles. The number of rotatable bonds is 5. The third kappa shape index (κ3) is 6.40. The molecule has 2 atom stereocenters. The van der Waals surface area contributed by atoms with E-state index < -0.39 is 0 Å². The molecule has 0 nitrogen and oxygen atoms in total. The highest BCUT2D eigenvalue weighted by Crippen LogP contribution is 2.20. The first-order valence-corrected chi connectivity index (χ1v) is 5.06. The van der Waals surface area contributed by atoms with E-state index in [4.69, 9.17) is 0 Å². The molecule has 0 spiro atoms. The minimum atomic E-state index is 0.869. The second-order valence-corrected chi connectivity index (χ2v) is 4.48.